The molecule has 0 radical (unpaired) electrons. The Bertz CT molecular complexity index is 150. The number of hydrogen-bond acceptors (Lipinski definition) is 2. The second kappa shape index (κ2) is 3.37. The Balaban J connectivity index is 4.31. The number of nitrogens with zero attached hydrogens (tertiary/aromatic N) is 1. The Kier molecular flexibility index (Phi) is 3.09. The van der Waals surface area contributed by atoms with Gasteiger partial charge in [-0.1, -0.05) is 12.7 Å². The van der Waals surface area contributed by atoms with Gasteiger partial charge in [0.05, 0.1) is 0 Å². The van der Waals surface area contributed by atoms with Crippen molar-refractivity contribution in [2.24, 2.45) is 10.7 Å². The summed E-state index contributed by atoms with van der Waals surface area (Å²) < 4.78 is 0. The Morgan fingerprint density at radius 3 is 2.70 bits per heavy atom. The van der Waals surface area contributed by atoms with E-state index >= 15 is 0 Å². The molecule has 0 aliphatic rings. The molecule has 0 aromatic carbocycles. The van der Waals surface area contributed by atoms with Crippen LogP contribution in [0, 0.1) is 0 Å². The van der Waals surface area contributed by atoms with Gasteiger partial charge in [-0.2, -0.15) is 0 Å². The molecule has 0 heterocycles. The predicted molar refractivity (Wildman–Crippen MR) is 43.0 cm³/mol. The lowest BCUT2D eigenvalue weighted by molar-refractivity contribution is 0.183. The van der Waals surface area contributed by atoms with Gasteiger partial charge >= 0.3 is 0 Å². The highest BCUT2D eigenvalue weighted by atomic mass is 16.3. The highest BCUT2D eigenvalue weighted by molar-refractivity contribution is 5.90. The molecule has 0 spiro atoms. The Morgan fingerprint density at radius 2 is 2.40 bits per heavy atom. The van der Waals surface area contributed by atoms with E-state index in [1.54, 1.807) is 6.92 Å². The first kappa shape index (κ1) is 9.17. The van der Waals surface area contributed by atoms with Gasteiger partial charge in [0, 0.05) is 6.54 Å². The van der Waals surface area contributed by atoms with Crippen LogP contribution in [0.25, 0.3) is 0 Å². The normalized spacial score (nSPS) is 18.1. The van der Waals surface area contributed by atoms with Crippen molar-refractivity contribution < 1.29 is 5.11 Å². The van der Waals surface area contributed by atoms with Crippen LogP contribution in [0.15, 0.2) is 17.6 Å². The minimum atomic E-state index is -1.16. The van der Waals surface area contributed by atoms with Crippen LogP contribution in [0.4, 0.5) is 0 Å². The lowest BCUT2D eigenvalue weighted by Gasteiger charge is -2.16. The third-order valence-electron chi connectivity index (χ3n) is 1.24. The van der Waals surface area contributed by atoms with Crippen molar-refractivity contribution >= 4 is 5.84 Å². The molecule has 3 nitrogen and oxygen atoms in total. The molecule has 10 heavy (non-hydrogen) atoms. The van der Waals surface area contributed by atoms with Gasteiger partial charge in [0.2, 0.25) is 0 Å². The molecule has 3 N–H and O–H groups in total. The number of hydrogen-bond donors (Lipinski definition) is 2. The van der Waals surface area contributed by atoms with Crippen molar-refractivity contribution in [2.75, 3.05) is 6.54 Å². The average molecular weight is 142 g/mol. The second-order valence-electron chi connectivity index (χ2n) is 2.21. The molecule has 0 aromatic rings. The molecule has 0 bridgehead atoms. The van der Waals surface area contributed by atoms with E-state index in [1.807, 2.05) is 6.92 Å². The summed E-state index contributed by atoms with van der Waals surface area (Å²) in [6.45, 7) is 7.41. The molecule has 0 aliphatic carbocycles. The summed E-state index contributed by atoms with van der Waals surface area (Å²) in [7, 11) is 0. The Hall–Kier alpha value is -0.830. The van der Waals surface area contributed by atoms with E-state index in [0.29, 0.717) is 6.54 Å². The minimum absolute atomic E-state index is 0.213. The number of nitrogens with two attached hydrogens (primary N) is 1. The zero-order chi connectivity index (χ0) is 8.20. The summed E-state index contributed by atoms with van der Waals surface area (Å²) in [4.78, 5) is 3.84. The summed E-state index contributed by atoms with van der Waals surface area (Å²) in [6.07, 6.45) is 1.36. The Morgan fingerprint density at radius 1 is 1.90 bits per heavy atom. The van der Waals surface area contributed by atoms with Crippen molar-refractivity contribution in [1.29, 1.82) is 0 Å². The molecule has 0 saturated heterocycles. The second-order valence-corrected chi connectivity index (χ2v) is 2.21. The third kappa shape index (κ3) is 2.19. The fourth-order valence-corrected chi connectivity index (χ4v) is 0.435. The first-order chi connectivity index (χ1) is 4.54. The molecular formula is C7H14N2O. The van der Waals surface area contributed by atoms with Crippen molar-refractivity contribution in [3.05, 3.63) is 12.7 Å². The van der Waals surface area contributed by atoms with E-state index in [1.165, 1.54) is 6.08 Å². The standard InChI is InChI=1S/C7H14N2O/c1-4-7(3,10)6(8)9-5-2/h4,10H,1,5H2,2-3H3,(H2,8,9). The van der Waals surface area contributed by atoms with E-state index in [4.69, 9.17) is 5.73 Å². The van der Waals surface area contributed by atoms with Gasteiger partial charge in [0.15, 0.2) is 0 Å². The maximum absolute atomic E-state index is 9.35. The maximum atomic E-state index is 9.35. The van der Waals surface area contributed by atoms with E-state index in [2.05, 4.69) is 11.6 Å². The lowest BCUT2D eigenvalue weighted by atomic mass is 10.1. The van der Waals surface area contributed by atoms with Crippen LogP contribution in [0.3, 0.4) is 0 Å². The molecule has 58 valence electrons. The zero-order valence-electron chi connectivity index (χ0n) is 6.46. The van der Waals surface area contributed by atoms with Crippen molar-refractivity contribution in [3.63, 3.8) is 0 Å². The molecule has 0 aliphatic heterocycles. The van der Waals surface area contributed by atoms with Crippen molar-refractivity contribution in [2.45, 2.75) is 19.4 Å². The summed E-state index contributed by atoms with van der Waals surface area (Å²) >= 11 is 0. The first-order valence-corrected chi connectivity index (χ1v) is 3.21. The molecule has 1 unspecified atom stereocenters. The summed E-state index contributed by atoms with van der Waals surface area (Å²) in [6, 6.07) is 0. The highest BCUT2D eigenvalue weighted by Crippen LogP contribution is 2.03. The molecule has 0 aromatic heterocycles. The third-order valence-corrected chi connectivity index (χ3v) is 1.24. The fraction of sp³-hybridized carbons (Fsp3) is 0.571. The van der Waals surface area contributed by atoms with Crippen LogP contribution >= 0.6 is 0 Å². The Labute approximate surface area is 61.3 Å². The van der Waals surface area contributed by atoms with Gasteiger partial charge in [0.25, 0.3) is 0 Å². The molecule has 0 amide bonds. The fourth-order valence-electron chi connectivity index (χ4n) is 0.435. The van der Waals surface area contributed by atoms with E-state index in [-0.39, 0.29) is 5.84 Å². The first-order valence-electron chi connectivity index (χ1n) is 3.21. The SMILES string of the molecule is C=CC(C)(O)C(N)=NCC. The van der Waals surface area contributed by atoms with Crippen LogP contribution in [0.5, 0.6) is 0 Å². The van der Waals surface area contributed by atoms with Crippen LogP contribution in [0.1, 0.15) is 13.8 Å². The number of aliphatic hydroxyl groups is 1. The van der Waals surface area contributed by atoms with Crippen LogP contribution < -0.4 is 5.73 Å². The molecular weight excluding hydrogens is 128 g/mol. The lowest BCUT2D eigenvalue weighted by Crippen LogP contribution is -2.39. The molecule has 0 saturated carbocycles. The summed E-state index contributed by atoms with van der Waals surface area (Å²) in [5, 5.41) is 9.35. The maximum Gasteiger partial charge on any atom is 0.136 e. The topological polar surface area (TPSA) is 58.6 Å². The van der Waals surface area contributed by atoms with E-state index in [0.717, 1.165) is 0 Å². The molecule has 0 fully saturated rings. The van der Waals surface area contributed by atoms with Gasteiger partial charge in [-0.05, 0) is 13.8 Å². The van der Waals surface area contributed by atoms with E-state index < -0.39 is 5.60 Å². The number of rotatable bonds is 3. The quantitative estimate of drug-likeness (QED) is 0.338. The summed E-state index contributed by atoms with van der Waals surface area (Å²) in [5.74, 6) is 0.213. The average Bonchev–Trinajstić information content (AvgIpc) is 1.89. The number of amidine groups is 1. The monoisotopic (exact) mass is 142 g/mol. The number of aliphatic imine (C=N–C) groups is 1. The van der Waals surface area contributed by atoms with Gasteiger partial charge in [-0.15, -0.1) is 0 Å². The van der Waals surface area contributed by atoms with Crippen molar-refractivity contribution in [3.8, 4) is 0 Å². The van der Waals surface area contributed by atoms with Gasteiger partial charge < -0.3 is 10.8 Å². The van der Waals surface area contributed by atoms with Crippen LogP contribution in [-0.2, 0) is 0 Å². The minimum Gasteiger partial charge on any atom is -0.385 e. The van der Waals surface area contributed by atoms with Gasteiger partial charge in [-0.25, -0.2) is 0 Å². The molecule has 1 atom stereocenters. The smallest absolute Gasteiger partial charge is 0.136 e. The predicted octanol–water partition coefficient (Wildman–Crippen LogP) is 0.300. The largest absolute Gasteiger partial charge is 0.385 e. The molecule has 0 rings (SSSR count). The van der Waals surface area contributed by atoms with Crippen molar-refractivity contribution in [1.82, 2.24) is 0 Å². The highest BCUT2D eigenvalue weighted by Gasteiger charge is 2.19. The molecule has 3 heteroatoms. The van der Waals surface area contributed by atoms with E-state index in [9.17, 15) is 5.11 Å². The van der Waals surface area contributed by atoms with Gasteiger partial charge in [0.1, 0.15) is 11.4 Å². The van der Waals surface area contributed by atoms with Crippen LogP contribution in [-0.4, -0.2) is 23.1 Å². The zero-order valence-corrected chi connectivity index (χ0v) is 6.46. The van der Waals surface area contributed by atoms with Gasteiger partial charge in [-0.3, -0.25) is 4.99 Å². The summed E-state index contributed by atoms with van der Waals surface area (Å²) in [5.41, 5.74) is 4.24. The van der Waals surface area contributed by atoms with Crippen LogP contribution in [0.2, 0.25) is 0 Å².